The summed E-state index contributed by atoms with van der Waals surface area (Å²) in [5, 5.41) is 8.78. The van der Waals surface area contributed by atoms with Crippen molar-refractivity contribution in [2.45, 2.75) is 32.2 Å². The van der Waals surface area contributed by atoms with Crippen molar-refractivity contribution in [3.63, 3.8) is 0 Å². The number of rotatable bonds is 7. The van der Waals surface area contributed by atoms with Gasteiger partial charge in [-0.15, -0.1) is 0 Å². The van der Waals surface area contributed by atoms with Crippen LogP contribution in [0, 0.1) is 5.92 Å². The largest absolute Gasteiger partial charge is 0.355 e. The summed E-state index contributed by atoms with van der Waals surface area (Å²) in [5.74, 6) is -0.165. The van der Waals surface area contributed by atoms with Crippen LogP contribution in [0.5, 0.6) is 0 Å². The van der Waals surface area contributed by atoms with E-state index in [9.17, 15) is 14.4 Å². The molecule has 7 heteroatoms. The van der Waals surface area contributed by atoms with Crippen molar-refractivity contribution in [1.29, 1.82) is 0 Å². The number of carbonyl (C=O) groups excluding carboxylic acids is 2. The van der Waals surface area contributed by atoms with Crippen LogP contribution in [0.25, 0.3) is 0 Å². The minimum atomic E-state index is -0.502. The van der Waals surface area contributed by atoms with Gasteiger partial charge in [0.15, 0.2) is 0 Å². The monoisotopic (exact) mass is 410 g/mol. The molecule has 2 aromatic rings. The fourth-order valence-corrected chi connectivity index (χ4v) is 3.87. The first-order valence-corrected chi connectivity index (χ1v) is 10.5. The van der Waals surface area contributed by atoms with Crippen molar-refractivity contribution in [1.82, 2.24) is 20.5 Å². The third-order valence-electron chi connectivity index (χ3n) is 5.77. The molecule has 0 saturated carbocycles. The first-order valence-electron chi connectivity index (χ1n) is 10.5. The maximum Gasteiger partial charge on any atom is 0.264 e. The topological polar surface area (TPSA) is 92.2 Å². The Morgan fingerprint density at radius 2 is 1.87 bits per heavy atom. The third kappa shape index (κ3) is 5.16. The normalized spacial score (nSPS) is 15.4. The minimum absolute atomic E-state index is 0.0358. The Bertz CT molecular complexity index is 933. The maximum atomic E-state index is 12.9. The van der Waals surface area contributed by atoms with Gasteiger partial charge in [0.1, 0.15) is 5.56 Å². The van der Waals surface area contributed by atoms with Crippen molar-refractivity contribution < 1.29 is 9.59 Å². The van der Waals surface area contributed by atoms with Crippen LogP contribution in [0.4, 0.5) is 0 Å². The Morgan fingerprint density at radius 1 is 1.17 bits per heavy atom. The van der Waals surface area contributed by atoms with Gasteiger partial charge in [0.25, 0.3) is 17.4 Å². The molecule has 1 aromatic heterocycles. The average molecular weight is 411 g/mol. The van der Waals surface area contributed by atoms with E-state index in [1.54, 1.807) is 6.20 Å². The molecule has 2 heterocycles. The SMILES string of the molecule is CNC(=O)c1cc(C(=O)NCCC2CCNCC2)cn(C(C)c2ccccc2)c1=O. The van der Waals surface area contributed by atoms with E-state index in [0.717, 1.165) is 37.9 Å². The molecule has 1 fully saturated rings. The molecule has 1 saturated heterocycles. The Labute approximate surface area is 176 Å². The van der Waals surface area contributed by atoms with Crippen molar-refractivity contribution in [3.05, 3.63) is 69.6 Å². The lowest BCUT2D eigenvalue weighted by molar-refractivity contribution is 0.0949. The second-order valence-electron chi connectivity index (χ2n) is 7.76. The maximum absolute atomic E-state index is 12.9. The van der Waals surface area contributed by atoms with Crippen LogP contribution in [-0.4, -0.2) is 43.1 Å². The molecule has 3 N–H and O–H groups in total. The van der Waals surface area contributed by atoms with Gasteiger partial charge in [0, 0.05) is 19.8 Å². The molecule has 0 aliphatic carbocycles. The van der Waals surface area contributed by atoms with Gasteiger partial charge < -0.3 is 20.5 Å². The zero-order valence-corrected chi connectivity index (χ0v) is 17.6. The van der Waals surface area contributed by atoms with Gasteiger partial charge in [-0.3, -0.25) is 14.4 Å². The fraction of sp³-hybridized carbons (Fsp3) is 0.435. The van der Waals surface area contributed by atoms with Crippen LogP contribution >= 0.6 is 0 Å². The molecular formula is C23H30N4O3. The number of hydrogen-bond donors (Lipinski definition) is 3. The summed E-state index contributed by atoms with van der Waals surface area (Å²) in [6.07, 6.45) is 4.72. The standard InChI is InChI=1S/C23H30N4O3/c1-16(18-6-4-3-5-7-18)27-15-19(14-20(23(27)30)22(29)24-2)21(28)26-13-10-17-8-11-25-12-9-17/h3-7,14-17,25H,8-13H2,1-2H3,(H,24,29)(H,26,28). The molecule has 1 aliphatic heterocycles. The van der Waals surface area contributed by atoms with Crippen molar-refractivity contribution in [2.75, 3.05) is 26.7 Å². The Kier molecular flexibility index (Phi) is 7.41. The van der Waals surface area contributed by atoms with Crippen LogP contribution in [0.2, 0.25) is 0 Å². The second kappa shape index (κ2) is 10.2. The molecule has 1 atom stereocenters. The summed E-state index contributed by atoms with van der Waals surface area (Å²) in [4.78, 5) is 38.0. The number of nitrogens with zero attached hydrogens (tertiary/aromatic N) is 1. The Balaban J connectivity index is 1.83. The summed E-state index contributed by atoms with van der Waals surface area (Å²) in [6, 6.07) is 10.6. The molecule has 3 rings (SSSR count). The zero-order chi connectivity index (χ0) is 21.5. The fourth-order valence-electron chi connectivity index (χ4n) is 3.87. The van der Waals surface area contributed by atoms with E-state index in [0.29, 0.717) is 18.0 Å². The van der Waals surface area contributed by atoms with E-state index in [-0.39, 0.29) is 17.5 Å². The highest BCUT2D eigenvalue weighted by molar-refractivity contribution is 5.99. The Hall–Kier alpha value is -2.93. The summed E-state index contributed by atoms with van der Waals surface area (Å²) in [5.41, 5.74) is 0.774. The number of aromatic nitrogens is 1. The van der Waals surface area contributed by atoms with Crippen molar-refractivity contribution in [3.8, 4) is 0 Å². The summed E-state index contributed by atoms with van der Waals surface area (Å²) >= 11 is 0. The highest BCUT2D eigenvalue weighted by Crippen LogP contribution is 2.17. The molecule has 7 nitrogen and oxygen atoms in total. The molecule has 2 amide bonds. The lowest BCUT2D eigenvalue weighted by Crippen LogP contribution is -2.35. The minimum Gasteiger partial charge on any atom is -0.355 e. The zero-order valence-electron chi connectivity index (χ0n) is 17.6. The van der Waals surface area contributed by atoms with Crippen LogP contribution < -0.4 is 21.5 Å². The molecule has 0 bridgehead atoms. The quantitative estimate of drug-likeness (QED) is 0.650. The van der Waals surface area contributed by atoms with Crippen LogP contribution in [0.1, 0.15) is 58.5 Å². The van der Waals surface area contributed by atoms with Crippen molar-refractivity contribution >= 4 is 11.8 Å². The van der Waals surface area contributed by atoms with E-state index in [1.807, 2.05) is 37.3 Å². The smallest absolute Gasteiger partial charge is 0.264 e. The number of piperidine rings is 1. The summed E-state index contributed by atoms with van der Waals surface area (Å²) < 4.78 is 1.46. The van der Waals surface area contributed by atoms with Crippen LogP contribution in [0.3, 0.4) is 0 Å². The van der Waals surface area contributed by atoms with Gasteiger partial charge in [0.05, 0.1) is 11.6 Å². The van der Waals surface area contributed by atoms with Gasteiger partial charge in [-0.2, -0.15) is 0 Å². The molecular weight excluding hydrogens is 380 g/mol. The lowest BCUT2D eigenvalue weighted by atomic mass is 9.95. The predicted molar refractivity (Wildman–Crippen MR) is 117 cm³/mol. The van der Waals surface area contributed by atoms with E-state index < -0.39 is 11.5 Å². The van der Waals surface area contributed by atoms with E-state index in [2.05, 4.69) is 16.0 Å². The van der Waals surface area contributed by atoms with Gasteiger partial charge in [0.2, 0.25) is 0 Å². The molecule has 1 aromatic carbocycles. The van der Waals surface area contributed by atoms with Gasteiger partial charge in [-0.1, -0.05) is 30.3 Å². The number of nitrogens with one attached hydrogen (secondary N) is 3. The Morgan fingerprint density at radius 3 is 2.53 bits per heavy atom. The molecule has 1 aliphatic rings. The first-order chi connectivity index (χ1) is 14.5. The highest BCUT2D eigenvalue weighted by atomic mass is 16.2. The molecule has 0 radical (unpaired) electrons. The molecule has 0 spiro atoms. The van der Waals surface area contributed by atoms with Gasteiger partial charge >= 0.3 is 0 Å². The number of benzene rings is 1. The van der Waals surface area contributed by atoms with Gasteiger partial charge in [-0.25, -0.2) is 0 Å². The molecule has 160 valence electrons. The van der Waals surface area contributed by atoms with Crippen molar-refractivity contribution in [2.24, 2.45) is 5.92 Å². The highest BCUT2D eigenvalue weighted by Gasteiger charge is 2.20. The third-order valence-corrected chi connectivity index (χ3v) is 5.77. The van der Waals surface area contributed by atoms with Crippen LogP contribution in [-0.2, 0) is 0 Å². The number of pyridine rings is 1. The predicted octanol–water partition coefficient (Wildman–Crippen LogP) is 1.94. The lowest BCUT2D eigenvalue weighted by Gasteiger charge is -2.22. The number of amides is 2. The van der Waals surface area contributed by atoms with E-state index in [1.165, 1.54) is 17.7 Å². The number of hydrogen-bond acceptors (Lipinski definition) is 4. The summed E-state index contributed by atoms with van der Waals surface area (Å²) in [7, 11) is 1.47. The van der Waals surface area contributed by atoms with Gasteiger partial charge in [-0.05, 0) is 56.8 Å². The first kappa shape index (κ1) is 21.8. The molecule has 30 heavy (non-hydrogen) atoms. The molecule has 1 unspecified atom stereocenters. The van der Waals surface area contributed by atoms with E-state index in [4.69, 9.17) is 0 Å². The number of carbonyl (C=O) groups is 2. The second-order valence-corrected chi connectivity index (χ2v) is 7.76. The summed E-state index contributed by atoms with van der Waals surface area (Å²) in [6.45, 7) is 4.50. The average Bonchev–Trinajstić information content (AvgIpc) is 2.79. The van der Waals surface area contributed by atoms with Crippen LogP contribution in [0.15, 0.2) is 47.4 Å². The van der Waals surface area contributed by atoms with E-state index >= 15 is 0 Å².